The maximum absolute atomic E-state index is 12.4. The number of benzene rings is 1. The zero-order chi connectivity index (χ0) is 28.5. The average Bonchev–Trinajstić information content (AvgIpc) is 3.03. The molecule has 11 nitrogen and oxygen atoms in total. The summed E-state index contributed by atoms with van der Waals surface area (Å²) in [6.07, 6.45) is -3.98. The lowest BCUT2D eigenvalue weighted by Crippen LogP contribution is -2.54. The fraction of sp³-hybridized carbons (Fsp3) is 0.522. The zero-order valence-corrected chi connectivity index (χ0v) is 21.9. The molecule has 0 spiro atoms. The lowest BCUT2D eigenvalue weighted by molar-refractivity contribution is -0.158. The summed E-state index contributed by atoms with van der Waals surface area (Å²) >= 11 is 5.55. The van der Waals surface area contributed by atoms with Gasteiger partial charge in [0, 0.05) is 6.20 Å². The van der Waals surface area contributed by atoms with Gasteiger partial charge in [0.05, 0.1) is 21.8 Å². The number of hydrogen-bond donors (Lipinski definition) is 3. The van der Waals surface area contributed by atoms with E-state index in [2.05, 4.69) is 5.09 Å². The maximum Gasteiger partial charge on any atom is 0.323 e. The van der Waals surface area contributed by atoms with Crippen molar-refractivity contribution in [3.8, 4) is 5.75 Å². The van der Waals surface area contributed by atoms with Crippen LogP contribution in [0.2, 0.25) is 0 Å². The van der Waals surface area contributed by atoms with E-state index in [1.54, 1.807) is 44.2 Å². The molecule has 1 amide bonds. The van der Waals surface area contributed by atoms with Crippen molar-refractivity contribution in [3.05, 3.63) is 42.6 Å². The highest BCUT2D eigenvalue weighted by Gasteiger charge is 2.55. The number of para-hydroxylation sites is 1. The van der Waals surface area contributed by atoms with Gasteiger partial charge >= 0.3 is 12.6 Å². The minimum Gasteiger partial charge on any atom is -0.462 e. The van der Waals surface area contributed by atoms with E-state index in [0.717, 1.165) is 24.1 Å². The minimum atomic E-state index is -3.91. The molecule has 2 aliphatic heterocycles. The topological polar surface area (TPSA) is 144 Å². The van der Waals surface area contributed by atoms with Gasteiger partial charge in [-0.3, -0.25) is 19.3 Å². The van der Waals surface area contributed by atoms with Crippen molar-refractivity contribution in [1.29, 1.82) is 0 Å². The average molecular weight is 545 g/mol. The van der Waals surface area contributed by atoms with E-state index in [4.69, 9.17) is 33.1 Å². The summed E-state index contributed by atoms with van der Waals surface area (Å²) in [6, 6.07) is 7.06. The van der Waals surface area contributed by atoms with Crippen LogP contribution in [0.5, 0.6) is 5.75 Å². The Hall–Kier alpha value is -2.18. The van der Waals surface area contributed by atoms with Gasteiger partial charge in [-0.1, -0.05) is 18.2 Å². The van der Waals surface area contributed by atoms with E-state index in [9.17, 15) is 24.6 Å². The molecule has 3 rings (SSSR count). The summed E-state index contributed by atoms with van der Waals surface area (Å²) in [6.45, 7) is -0.894. The molecule has 1 fully saturated rings. The number of nitrogens with zero attached hydrogens (tertiary/aromatic N) is 1. The van der Waals surface area contributed by atoms with E-state index in [0.29, 0.717) is 0 Å². The standard InChI is InChI=1S/C23H31N2O9PS/c1-14(2)32-21(29)15(3)24-35(36,34-17-8-6-5-7-9-17)31-13-18-20(28)23(4,30)22(33-18)25-11-10-16(26)12-19(25)27/h5-11,14-15,18,20,22,28,30H,12-13H2,1-4H3,(H,24,36)/t15?,18-,20-,22-,23-,35?/m1/s1/i13D2. The zero-order valence-electron chi connectivity index (χ0n) is 22.2. The third kappa shape index (κ3) is 6.77. The highest BCUT2D eigenvalue weighted by molar-refractivity contribution is 8.09. The number of hydrogen-bond acceptors (Lipinski definition) is 10. The summed E-state index contributed by atoms with van der Waals surface area (Å²) in [5.74, 6) is -1.61. The first kappa shape index (κ1) is 25.5. The minimum absolute atomic E-state index is 0.218. The molecule has 0 aliphatic carbocycles. The van der Waals surface area contributed by atoms with E-state index in [1.807, 2.05) is 0 Å². The van der Waals surface area contributed by atoms with Gasteiger partial charge in [0.25, 0.3) is 0 Å². The number of ether oxygens (including phenoxy) is 2. The SMILES string of the molecule is [2H]C([2H])(OP(=S)(NC(C)C(=O)OC(C)C)Oc1ccccc1)[C@H]1O[C@@H](N2C=CC(=O)CC2=O)[C@](C)(O)[C@@H]1O. The fourth-order valence-electron chi connectivity index (χ4n) is 3.43. The molecular formula is C23H31N2O9PS. The number of aliphatic hydroxyl groups excluding tert-OH is 1. The normalized spacial score (nSPS) is 30.0. The molecule has 0 aromatic heterocycles. The number of esters is 1. The van der Waals surface area contributed by atoms with Crippen molar-refractivity contribution in [2.24, 2.45) is 0 Å². The van der Waals surface area contributed by atoms with Crippen LogP contribution < -0.4 is 9.61 Å². The second-order valence-electron chi connectivity index (χ2n) is 8.79. The smallest absolute Gasteiger partial charge is 0.323 e. The summed E-state index contributed by atoms with van der Waals surface area (Å²) < 4.78 is 39.5. The predicted octanol–water partition coefficient (Wildman–Crippen LogP) is 1.39. The van der Waals surface area contributed by atoms with Crippen molar-refractivity contribution < 1.29 is 45.9 Å². The predicted molar refractivity (Wildman–Crippen MR) is 132 cm³/mol. The molecule has 1 aromatic carbocycles. The number of nitrogens with one attached hydrogen (secondary N) is 1. The Bertz CT molecular complexity index is 1140. The lowest BCUT2D eigenvalue weighted by Gasteiger charge is -2.34. The number of carbonyl (C=O) groups excluding carboxylic acids is 3. The van der Waals surface area contributed by atoms with E-state index < -0.39 is 73.5 Å². The van der Waals surface area contributed by atoms with Crippen molar-refractivity contribution in [3.63, 3.8) is 0 Å². The lowest BCUT2D eigenvalue weighted by atomic mass is 9.95. The number of ketones is 1. The second kappa shape index (κ2) is 11.5. The van der Waals surface area contributed by atoms with Gasteiger partial charge in [-0.2, -0.15) is 0 Å². The molecule has 3 N–H and O–H groups in total. The van der Waals surface area contributed by atoms with Gasteiger partial charge in [0.1, 0.15) is 29.6 Å². The van der Waals surface area contributed by atoms with Crippen molar-refractivity contribution in [2.45, 2.75) is 70.3 Å². The van der Waals surface area contributed by atoms with Gasteiger partial charge in [-0.25, -0.2) is 5.09 Å². The molecule has 2 aliphatic rings. The Balaban J connectivity index is 1.89. The number of allylic oxidation sites excluding steroid dienone is 1. The molecule has 0 saturated carbocycles. The Morgan fingerprint density at radius 3 is 2.64 bits per heavy atom. The first-order chi connectivity index (χ1) is 17.6. The fourth-order valence-corrected chi connectivity index (χ4v) is 5.66. The molecule has 198 valence electrons. The molecule has 1 saturated heterocycles. The molecule has 2 heterocycles. The Kier molecular flexibility index (Phi) is 8.12. The third-order valence-corrected chi connectivity index (χ3v) is 7.53. The summed E-state index contributed by atoms with van der Waals surface area (Å²) in [4.78, 5) is 37.3. The van der Waals surface area contributed by atoms with Crippen LogP contribution in [0.1, 0.15) is 36.9 Å². The third-order valence-electron chi connectivity index (χ3n) is 5.26. The Morgan fingerprint density at radius 2 is 2.03 bits per heavy atom. The Morgan fingerprint density at radius 1 is 1.36 bits per heavy atom. The summed E-state index contributed by atoms with van der Waals surface area (Å²) in [5.41, 5.74) is -2.16. The first-order valence-corrected chi connectivity index (χ1v) is 13.8. The van der Waals surface area contributed by atoms with Crippen LogP contribution in [0.25, 0.3) is 0 Å². The number of rotatable bonds is 10. The Labute approximate surface area is 217 Å². The molecule has 36 heavy (non-hydrogen) atoms. The molecule has 2 unspecified atom stereocenters. The summed E-state index contributed by atoms with van der Waals surface area (Å²) in [5, 5.41) is 24.6. The monoisotopic (exact) mass is 544 g/mol. The van der Waals surface area contributed by atoms with Gasteiger partial charge in [0.15, 0.2) is 12.0 Å². The molecular weight excluding hydrogens is 511 g/mol. The quantitative estimate of drug-likeness (QED) is 0.223. The van der Waals surface area contributed by atoms with Crippen LogP contribution in [-0.4, -0.2) is 75.5 Å². The van der Waals surface area contributed by atoms with Gasteiger partial charge in [-0.15, -0.1) is 0 Å². The van der Waals surface area contributed by atoms with Crippen LogP contribution in [0.15, 0.2) is 42.6 Å². The van der Waals surface area contributed by atoms with Crippen molar-refractivity contribution >= 4 is 36.1 Å². The maximum atomic E-state index is 12.4. The van der Waals surface area contributed by atoms with Crippen LogP contribution in [0, 0.1) is 0 Å². The highest BCUT2D eigenvalue weighted by atomic mass is 32.5. The number of amides is 1. The first-order valence-electron chi connectivity index (χ1n) is 12.2. The molecule has 0 bridgehead atoms. The summed E-state index contributed by atoms with van der Waals surface area (Å²) in [7, 11) is 0. The van der Waals surface area contributed by atoms with Crippen LogP contribution in [-0.2, 0) is 40.2 Å². The van der Waals surface area contributed by atoms with Gasteiger partial charge in [0.2, 0.25) is 5.91 Å². The number of carbonyl (C=O) groups is 3. The van der Waals surface area contributed by atoms with E-state index in [-0.39, 0.29) is 5.75 Å². The second-order valence-corrected chi connectivity index (χ2v) is 11.8. The molecule has 6 atom stereocenters. The number of aliphatic hydroxyl groups is 2. The van der Waals surface area contributed by atoms with Gasteiger partial charge < -0.3 is 28.7 Å². The van der Waals surface area contributed by atoms with Crippen LogP contribution in [0.4, 0.5) is 0 Å². The van der Waals surface area contributed by atoms with Crippen LogP contribution >= 0.6 is 6.64 Å². The highest BCUT2D eigenvalue weighted by Crippen LogP contribution is 2.46. The molecule has 13 heteroatoms. The van der Waals surface area contributed by atoms with Gasteiger partial charge in [-0.05, 0) is 57.7 Å². The van der Waals surface area contributed by atoms with Crippen molar-refractivity contribution in [1.82, 2.24) is 9.99 Å². The van der Waals surface area contributed by atoms with Crippen LogP contribution in [0.3, 0.4) is 0 Å². The molecule has 1 aromatic rings. The van der Waals surface area contributed by atoms with E-state index in [1.165, 1.54) is 6.92 Å². The largest absolute Gasteiger partial charge is 0.462 e. The molecule has 0 radical (unpaired) electrons. The van der Waals surface area contributed by atoms with E-state index >= 15 is 0 Å². The van der Waals surface area contributed by atoms with Crippen molar-refractivity contribution in [2.75, 3.05) is 6.56 Å².